The third-order valence-electron chi connectivity index (χ3n) is 4.28. The van der Waals surface area contributed by atoms with Gasteiger partial charge in [0.1, 0.15) is 12.1 Å². The van der Waals surface area contributed by atoms with Gasteiger partial charge in [0.2, 0.25) is 5.89 Å². The molecule has 1 aromatic heterocycles. The van der Waals surface area contributed by atoms with Gasteiger partial charge in [0.15, 0.2) is 5.58 Å². The molecular formula is C17H24N2O2. The Morgan fingerprint density at radius 2 is 2.19 bits per heavy atom. The van der Waals surface area contributed by atoms with Crippen LogP contribution in [0.2, 0.25) is 0 Å². The number of nitrogens with zero attached hydrogens (tertiary/aromatic N) is 1. The lowest BCUT2D eigenvalue weighted by Crippen LogP contribution is -2.32. The lowest BCUT2D eigenvalue weighted by Gasteiger charge is -2.38. The molecule has 4 nitrogen and oxygen atoms in total. The standard InChI is InChI=1S/C17H24N2O2/c1-11-7-12(9-17(2,3)8-11)20-10-15-19-16-13(18)5-4-6-14(16)21-15/h4-6,11-12H,7-10,18H2,1-3H3. The normalized spacial score (nSPS) is 25.3. The van der Waals surface area contributed by atoms with Crippen LogP contribution in [-0.4, -0.2) is 11.1 Å². The number of hydrogen-bond acceptors (Lipinski definition) is 4. The number of hydrogen-bond donors (Lipinski definition) is 1. The minimum atomic E-state index is 0.288. The molecule has 0 radical (unpaired) electrons. The van der Waals surface area contributed by atoms with Crippen molar-refractivity contribution < 1.29 is 9.15 Å². The zero-order valence-electron chi connectivity index (χ0n) is 13.1. The summed E-state index contributed by atoms with van der Waals surface area (Å²) in [4.78, 5) is 4.44. The number of rotatable bonds is 3. The number of nitrogens with two attached hydrogens (primary N) is 1. The van der Waals surface area contributed by atoms with E-state index in [2.05, 4.69) is 25.8 Å². The molecule has 0 aliphatic heterocycles. The van der Waals surface area contributed by atoms with Gasteiger partial charge in [-0.1, -0.05) is 26.8 Å². The van der Waals surface area contributed by atoms with E-state index in [1.165, 1.54) is 6.42 Å². The lowest BCUT2D eigenvalue weighted by atomic mass is 9.71. The highest BCUT2D eigenvalue weighted by Gasteiger charge is 2.32. The van der Waals surface area contributed by atoms with Crippen molar-refractivity contribution in [1.82, 2.24) is 4.98 Å². The predicted octanol–water partition coefficient (Wildman–Crippen LogP) is 4.14. The highest BCUT2D eigenvalue weighted by atomic mass is 16.5. The molecule has 0 saturated heterocycles. The van der Waals surface area contributed by atoms with E-state index >= 15 is 0 Å². The van der Waals surface area contributed by atoms with Gasteiger partial charge < -0.3 is 14.9 Å². The third-order valence-corrected chi connectivity index (χ3v) is 4.28. The molecule has 114 valence electrons. The second-order valence-corrected chi connectivity index (χ2v) is 7.15. The molecule has 4 heteroatoms. The molecule has 1 aromatic carbocycles. The van der Waals surface area contributed by atoms with Gasteiger partial charge in [-0.15, -0.1) is 0 Å². The number of benzene rings is 1. The molecule has 2 N–H and O–H groups in total. The number of fused-ring (bicyclic) bond motifs is 1. The van der Waals surface area contributed by atoms with E-state index in [4.69, 9.17) is 14.9 Å². The van der Waals surface area contributed by atoms with Gasteiger partial charge in [-0.3, -0.25) is 0 Å². The summed E-state index contributed by atoms with van der Waals surface area (Å²) in [5, 5.41) is 0. The Kier molecular flexibility index (Phi) is 3.66. The van der Waals surface area contributed by atoms with Crippen LogP contribution < -0.4 is 5.73 Å². The number of oxazole rings is 1. The molecule has 2 atom stereocenters. The average Bonchev–Trinajstić information content (AvgIpc) is 2.78. The molecule has 2 unspecified atom stereocenters. The van der Waals surface area contributed by atoms with Gasteiger partial charge in [-0.05, 0) is 42.7 Å². The Bertz CT molecular complexity index is 633. The van der Waals surface area contributed by atoms with Crippen molar-refractivity contribution in [3.05, 3.63) is 24.1 Å². The van der Waals surface area contributed by atoms with Crippen molar-refractivity contribution in [3.63, 3.8) is 0 Å². The Morgan fingerprint density at radius 3 is 2.90 bits per heavy atom. The maximum absolute atomic E-state index is 6.05. The van der Waals surface area contributed by atoms with Gasteiger partial charge in [0.25, 0.3) is 0 Å². The van der Waals surface area contributed by atoms with E-state index in [1.54, 1.807) is 0 Å². The Morgan fingerprint density at radius 1 is 1.38 bits per heavy atom. The van der Waals surface area contributed by atoms with Crippen molar-refractivity contribution in [2.24, 2.45) is 11.3 Å². The minimum absolute atomic E-state index is 0.288. The first-order valence-corrected chi connectivity index (χ1v) is 7.68. The van der Waals surface area contributed by atoms with E-state index < -0.39 is 0 Å². The molecule has 2 aromatic rings. The van der Waals surface area contributed by atoms with Gasteiger partial charge in [0, 0.05) is 0 Å². The SMILES string of the molecule is CC1CC(OCc2nc3c(N)cccc3o2)CC(C)(C)C1. The summed E-state index contributed by atoms with van der Waals surface area (Å²) in [5.74, 6) is 1.32. The van der Waals surface area contributed by atoms with Crippen LogP contribution in [0.5, 0.6) is 0 Å². The van der Waals surface area contributed by atoms with Crippen LogP contribution in [0.1, 0.15) is 45.9 Å². The maximum atomic E-state index is 6.05. The quantitative estimate of drug-likeness (QED) is 0.862. The van der Waals surface area contributed by atoms with Crippen LogP contribution in [-0.2, 0) is 11.3 Å². The molecule has 0 amide bonds. The molecule has 1 aliphatic carbocycles. The third kappa shape index (κ3) is 3.21. The fourth-order valence-electron chi connectivity index (χ4n) is 3.65. The minimum Gasteiger partial charge on any atom is -0.438 e. The van der Waals surface area contributed by atoms with E-state index in [-0.39, 0.29) is 6.10 Å². The van der Waals surface area contributed by atoms with E-state index in [0.717, 1.165) is 23.9 Å². The fraction of sp³-hybridized carbons (Fsp3) is 0.588. The van der Waals surface area contributed by atoms with Crippen LogP contribution in [0.4, 0.5) is 5.69 Å². The highest BCUT2D eigenvalue weighted by Crippen LogP contribution is 2.39. The average molecular weight is 288 g/mol. The van der Waals surface area contributed by atoms with Crippen LogP contribution in [0.25, 0.3) is 11.1 Å². The van der Waals surface area contributed by atoms with Gasteiger partial charge in [-0.25, -0.2) is 4.98 Å². The largest absolute Gasteiger partial charge is 0.438 e. The first-order chi connectivity index (χ1) is 9.93. The van der Waals surface area contributed by atoms with Crippen molar-refractivity contribution in [2.75, 3.05) is 5.73 Å². The second kappa shape index (κ2) is 5.34. The van der Waals surface area contributed by atoms with Crippen LogP contribution in [0, 0.1) is 11.3 Å². The molecule has 3 rings (SSSR count). The summed E-state index contributed by atoms with van der Waals surface area (Å²) in [7, 11) is 0. The summed E-state index contributed by atoms with van der Waals surface area (Å²) in [6.07, 6.45) is 3.77. The molecule has 1 saturated carbocycles. The molecule has 1 fully saturated rings. The molecule has 0 spiro atoms. The van der Waals surface area contributed by atoms with Crippen LogP contribution in [0.15, 0.2) is 22.6 Å². The molecule has 1 heterocycles. The molecule has 0 bridgehead atoms. The van der Waals surface area contributed by atoms with Crippen molar-refractivity contribution in [1.29, 1.82) is 0 Å². The zero-order chi connectivity index (χ0) is 15.0. The summed E-state index contributed by atoms with van der Waals surface area (Å²) in [6.45, 7) is 7.36. The van der Waals surface area contributed by atoms with Crippen LogP contribution in [0.3, 0.4) is 0 Å². The van der Waals surface area contributed by atoms with E-state index in [0.29, 0.717) is 29.5 Å². The zero-order valence-corrected chi connectivity index (χ0v) is 13.1. The number of anilines is 1. The molecule has 21 heavy (non-hydrogen) atoms. The summed E-state index contributed by atoms with van der Waals surface area (Å²) >= 11 is 0. The Hall–Kier alpha value is -1.55. The maximum Gasteiger partial charge on any atom is 0.221 e. The number of nitrogen functional groups attached to an aromatic ring is 1. The lowest BCUT2D eigenvalue weighted by molar-refractivity contribution is -0.0378. The van der Waals surface area contributed by atoms with Crippen LogP contribution >= 0.6 is 0 Å². The highest BCUT2D eigenvalue weighted by molar-refractivity contribution is 5.85. The van der Waals surface area contributed by atoms with E-state index in [9.17, 15) is 0 Å². The first-order valence-electron chi connectivity index (χ1n) is 7.68. The number of ether oxygens (including phenoxy) is 1. The van der Waals surface area contributed by atoms with Gasteiger partial charge >= 0.3 is 0 Å². The number of aromatic nitrogens is 1. The Labute approximate surface area is 125 Å². The van der Waals surface area contributed by atoms with Gasteiger partial charge in [-0.2, -0.15) is 0 Å². The fourth-order valence-corrected chi connectivity index (χ4v) is 3.65. The van der Waals surface area contributed by atoms with E-state index in [1.807, 2.05) is 18.2 Å². The number of para-hydroxylation sites is 1. The van der Waals surface area contributed by atoms with Crippen molar-refractivity contribution in [3.8, 4) is 0 Å². The van der Waals surface area contributed by atoms with Gasteiger partial charge in [0.05, 0.1) is 11.8 Å². The monoisotopic (exact) mass is 288 g/mol. The van der Waals surface area contributed by atoms with Crippen molar-refractivity contribution >= 4 is 16.8 Å². The predicted molar refractivity (Wildman–Crippen MR) is 83.8 cm³/mol. The smallest absolute Gasteiger partial charge is 0.221 e. The summed E-state index contributed by atoms with van der Waals surface area (Å²) < 4.78 is 11.8. The first kappa shape index (κ1) is 14.4. The second-order valence-electron chi connectivity index (χ2n) is 7.15. The summed E-state index contributed by atoms with van der Waals surface area (Å²) in [6, 6.07) is 5.59. The topological polar surface area (TPSA) is 61.3 Å². The molecular weight excluding hydrogens is 264 g/mol. The molecule has 1 aliphatic rings. The Balaban J connectivity index is 1.67. The van der Waals surface area contributed by atoms with Crippen molar-refractivity contribution in [2.45, 2.75) is 52.7 Å². The summed E-state index contributed by atoms with van der Waals surface area (Å²) in [5.41, 5.74) is 8.36.